The van der Waals surface area contributed by atoms with Crippen molar-refractivity contribution in [1.29, 1.82) is 0 Å². The molecule has 0 atom stereocenters. The van der Waals surface area contributed by atoms with Crippen molar-refractivity contribution in [3.8, 4) is 11.5 Å². The zero-order valence-corrected chi connectivity index (χ0v) is 14.5. The van der Waals surface area contributed by atoms with Crippen LogP contribution in [0.3, 0.4) is 0 Å². The Balaban J connectivity index is 1.35. The van der Waals surface area contributed by atoms with Crippen LogP contribution in [0.1, 0.15) is 11.1 Å². The van der Waals surface area contributed by atoms with E-state index in [-0.39, 0.29) is 5.91 Å². The van der Waals surface area contributed by atoms with Crippen LogP contribution in [0.25, 0.3) is 0 Å². The Hall–Kier alpha value is -2.53. The first kappa shape index (κ1) is 17.3. The standard InChI is InChI=1S/C20H24N2O3/c1-24-18-6-8-19(9-7-18)25-13-11-21-14-20(23)22-12-10-16-4-2-3-5-17(16)15-22/h2-9,21H,10-15H2,1H3. The van der Waals surface area contributed by atoms with Crippen molar-refractivity contribution >= 4 is 5.91 Å². The monoisotopic (exact) mass is 340 g/mol. The van der Waals surface area contributed by atoms with Crippen LogP contribution in [0.5, 0.6) is 11.5 Å². The Morgan fingerprint density at radius 1 is 1.08 bits per heavy atom. The topological polar surface area (TPSA) is 50.8 Å². The van der Waals surface area contributed by atoms with E-state index in [1.807, 2.05) is 35.2 Å². The molecule has 0 aromatic heterocycles. The van der Waals surface area contributed by atoms with Gasteiger partial charge in [-0.3, -0.25) is 4.79 Å². The first-order valence-corrected chi connectivity index (χ1v) is 8.58. The smallest absolute Gasteiger partial charge is 0.236 e. The Morgan fingerprint density at radius 3 is 2.56 bits per heavy atom. The highest BCUT2D eigenvalue weighted by atomic mass is 16.5. The molecule has 0 bridgehead atoms. The number of nitrogens with zero attached hydrogens (tertiary/aromatic N) is 1. The van der Waals surface area contributed by atoms with Crippen molar-refractivity contribution < 1.29 is 14.3 Å². The van der Waals surface area contributed by atoms with Crippen LogP contribution in [0.4, 0.5) is 0 Å². The number of nitrogens with one attached hydrogen (secondary N) is 1. The predicted octanol–water partition coefficient (Wildman–Crippen LogP) is 2.25. The van der Waals surface area contributed by atoms with E-state index < -0.39 is 0 Å². The Kier molecular flexibility index (Phi) is 5.90. The maximum Gasteiger partial charge on any atom is 0.236 e. The molecule has 2 aromatic carbocycles. The third kappa shape index (κ3) is 4.73. The SMILES string of the molecule is COc1ccc(OCCNCC(=O)N2CCc3ccccc3C2)cc1. The van der Waals surface area contributed by atoms with Crippen LogP contribution in [0, 0.1) is 0 Å². The van der Waals surface area contributed by atoms with E-state index in [0.29, 0.717) is 26.2 Å². The Bertz CT molecular complexity index is 700. The molecule has 0 fully saturated rings. The lowest BCUT2D eigenvalue weighted by Crippen LogP contribution is -2.41. The number of methoxy groups -OCH3 is 1. The van der Waals surface area contributed by atoms with E-state index in [0.717, 1.165) is 24.5 Å². The summed E-state index contributed by atoms with van der Waals surface area (Å²) in [5.74, 6) is 1.74. The first-order chi connectivity index (χ1) is 12.3. The van der Waals surface area contributed by atoms with Gasteiger partial charge in [-0.25, -0.2) is 0 Å². The highest BCUT2D eigenvalue weighted by Gasteiger charge is 2.19. The molecular formula is C20H24N2O3. The van der Waals surface area contributed by atoms with Crippen LogP contribution in [-0.4, -0.2) is 44.2 Å². The summed E-state index contributed by atoms with van der Waals surface area (Å²) in [6.45, 7) is 2.98. The molecule has 1 N–H and O–H groups in total. The van der Waals surface area contributed by atoms with Crippen molar-refractivity contribution in [3.63, 3.8) is 0 Å². The van der Waals surface area contributed by atoms with Gasteiger partial charge in [0.25, 0.3) is 0 Å². The summed E-state index contributed by atoms with van der Waals surface area (Å²) in [6, 6.07) is 15.8. The lowest BCUT2D eigenvalue weighted by atomic mass is 10.00. The maximum absolute atomic E-state index is 12.3. The zero-order chi connectivity index (χ0) is 17.5. The third-order valence-electron chi connectivity index (χ3n) is 4.37. The number of carbonyl (C=O) groups is 1. The fourth-order valence-electron chi connectivity index (χ4n) is 2.93. The molecule has 0 saturated heterocycles. The summed E-state index contributed by atoms with van der Waals surface area (Å²) in [7, 11) is 1.64. The molecule has 1 aliphatic rings. The summed E-state index contributed by atoms with van der Waals surface area (Å²) < 4.78 is 10.7. The van der Waals surface area contributed by atoms with Crippen molar-refractivity contribution in [2.75, 3.05) is 33.4 Å². The molecule has 1 heterocycles. The molecule has 2 aromatic rings. The number of rotatable bonds is 7. The van der Waals surface area contributed by atoms with Crippen molar-refractivity contribution in [3.05, 3.63) is 59.7 Å². The molecule has 1 aliphatic heterocycles. The second kappa shape index (κ2) is 8.53. The fraction of sp³-hybridized carbons (Fsp3) is 0.350. The molecule has 0 aliphatic carbocycles. The average Bonchev–Trinajstić information content (AvgIpc) is 2.67. The van der Waals surface area contributed by atoms with E-state index in [1.165, 1.54) is 11.1 Å². The molecule has 0 unspecified atom stereocenters. The van der Waals surface area contributed by atoms with Gasteiger partial charge in [-0.15, -0.1) is 0 Å². The number of carbonyl (C=O) groups excluding carboxylic acids is 1. The second-order valence-corrected chi connectivity index (χ2v) is 6.03. The summed E-state index contributed by atoms with van der Waals surface area (Å²) >= 11 is 0. The Labute approximate surface area is 148 Å². The summed E-state index contributed by atoms with van der Waals surface area (Å²) in [4.78, 5) is 14.2. The van der Waals surface area contributed by atoms with Gasteiger partial charge in [-0.2, -0.15) is 0 Å². The minimum Gasteiger partial charge on any atom is -0.497 e. The van der Waals surface area contributed by atoms with Crippen LogP contribution in [-0.2, 0) is 17.8 Å². The van der Waals surface area contributed by atoms with Gasteiger partial charge in [0.05, 0.1) is 13.7 Å². The van der Waals surface area contributed by atoms with Gasteiger partial charge in [-0.05, 0) is 41.8 Å². The third-order valence-corrected chi connectivity index (χ3v) is 4.37. The van der Waals surface area contributed by atoms with Gasteiger partial charge in [-0.1, -0.05) is 24.3 Å². The molecule has 25 heavy (non-hydrogen) atoms. The summed E-state index contributed by atoms with van der Waals surface area (Å²) in [5, 5.41) is 3.16. The minimum atomic E-state index is 0.138. The van der Waals surface area contributed by atoms with Crippen LogP contribution in [0.15, 0.2) is 48.5 Å². The highest BCUT2D eigenvalue weighted by Crippen LogP contribution is 2.18. The molecule has 5 heteroatoms. The number of amides is 1. The van der Waals surface area contributed by atoms with Crippen LogP contribution >= 0.6 is 0 Å². The quantitative estimate of drug-likeness (QED) is 0.786. The predicted molar refractivity (Wildman–Crippen MR) is 96.9 cm³/mol. The summed E-state index contributed by atoms with van der Waals surface area (Å²) in [5.41, 5.74) is 2.61. The number of ether oxygens (including phenoxy) is 2. The van der Waals surface area contributed by atoms with Gasteiger partial charge >= 0.3 is 0 Å². The van der Waals surface area contributed by atoms with Gasteiger partial charge < -0.3 is 19.7 Å². The fourth-order valence-corrected chi connectivity index (χ4v) is 2.93. The maximum atomic E-state index is 12.3. The van der Waals surface area contributed by atoms with E-state index in [2.05, 4.69) is 23.5 Å². The van der Waals surface area contributed by atoms with E-state index in [1.54, 1.807) is 7.11 Å². The molecule has 3 rings (SSSR count). The summed E-state index contributed by atoms with van der Waals surface area (Å²) in [6.07, 6.45) is 0.933. The molecule has 0 saturated carbocycles. The first-order valence-electron chi connectivity index (χ1n) is 8.58. The van der Waals surface area contributed by atoms with Gasteiger partial charge in [0, 0.05) is 19.6 Å². The second-order valence-electron chi connectivity index (χ2n) is 6.03. The molecule has 132 valence electrons. The average molecular weight is 340 g/mol. The van der Waals surface area contributed by atoms with E-state index in [9.17, 15) is 4.79 Å². The largest absolute Gasteiger partial charge is 0.497 e. The van der Waals surface area contributed by atoms with Crippen LogP contribution < -0.4 is 14.8 Å². The van der Waals surface area contributed by atoms with Gasteiger partial charge in [0.15, 0.2) is 0 Å². The number of benzene rings is 2. The molecule has 5 nitrogen and oxygen atoms in total. The zero-order valence-electron chi connectivity index (χ0n) is 14.5. The van der Waals surface area contributed by atoms with Crippen LogP contribution in [0.2, 0.25) is 0 Å². The molecule has 0 radical (unpaired) electrons. The van der Waals surface area contributed by atoms with E-state index >= 15 is 0 Å². The molecular weight excluding hydrogens is 316 g/mol. The lowest BCUT2D eigenvalue weighted by Gasteiger charge is -2.29. The molecule has 0 spiro atoms. The van der Waals surface area contributed by atoms with E-state index in [4.69, 9.17) is 9.47 Å². The van der Waals surface area contributed by atoms with Crippen molar-refractivity contribution in [2.45, 2.75) is 13.0 Å². The molecule has 1 amide bonds. The number of hydrogen-bond donors (Lipinski definition) is 1. The minimum absolute atomic E-state index is 0.138. The number of hydrogen-bond acceptors (Lipinski definition) is 4. The normalized spacial score (nSPS) is 13.2. The highest BCUT2D eigenvalue weighted by molar-refractivity contribution is 5.78. The van der Waals surface area contributed by atoms with Gasteiger partial charge in [0.1, 0.15) is 18.1 Å². The lowest BCUT2D eigenvalue weighted by molar-refractivity contribution is -0.131. The van der Waals surface area contributed by atoms with Crippen molar-refractivity contribution in [2.24, 2.45) is 0 Å². The van der Waals surface area contributed by atoms with Gasteiger partial charge in [0.2, 0.25) is 5.91 Å². The Morgan fingerprint density at radius 2 is 1.80 bits per heavy atom. The number of fused-ring (bicyclic) bond motifs is 1. The van der Waals surface area contributed by atoms with Crippen molar-refractivity contribution in [1.82, 2.24) is 10.2 Å².